The minimum absolute atomic E-state index is 0. The third-order valence-corrected chi connectivity index (χ3v) is 1.66. The van der Waals surface area contributed by atoms with Crippen molar-refractivity contribution >= 4 is 25.2 Å². The molecule has 0 spiro atoms. The largest absolute Gasteiger partial charge is 0.494 e. The van der Waals surface area contributed by atoms with E-state index < -0.39 is 36.8 Å². The van der Waals surface area contributed by atoms with Gasteiger partial charge in [0.25, 0.3) is 0 Å². The Bertz CT molecular complexity index is 323. The van der Waals surface area contributed by atoms with Gasteiger partial charge in [-0.2, -0.15) is 0 Å². The quantitative estimate of drug-likeness (QED) is 0.387. The van der Waals surface area contributed by atoms with Crippen molar-refractivity contribution in [1.29, 1.82) is 0 Å². The number of hydrogen-bond donors (Lipinski definition) is 4. The maximum Gasteiger partial charge on any atom is 0.494 e. The first-order valence-corrected chi connectivity index (χ1v) is 3.64. The molecular formula is C6H8B2F2O5. The maximum absolute atomic E-state index is 12.9. The van der Waals surface area contributed by atoms with Gasteiger partial charge in [0.05, 0.1) is 5.46 Å². The minimum atomic E-state index is -2.28. The summed E-state index contributed by atoms with van der Waals surface area (Å²) in [7, 11) is -4.29. The van der Waals surface area contributed by atoms with Crippen LogP contribution in [0.1, 0.15) is 0 Å². The van der Waals surface area contributed by atoms with Gasteiger partial charge in [-0.3, -0.25) is 0 Å². The topological polar surface area (TPSA) is 112 Å². The molecule has 0 aliphatic carbocycles. The molecule has 0 radical (unpaired) electrons. The van der Waals surface area contributed by atoms with E-state index >= 15 is 0 Å². The lowest BCUT2D eigenvalue weighted by molar-refractivity contribution is 0.417. The molecule has 15 heavy (non-hydrogen) atoms. The SMILES string of the molecule is O.OB(O)c1cc(F)c(B(O)O)c(F)c1. The molecule has 0 aliphatic heterocycles. The van der Waals surface area contributed by atoms with Gasteiger partial charge in [-0.25, -0.2) is 8.78 Å². The Balaban J connectivity index is 0.00000196. The van der Waals surface area contributed by atoms with Crippen molar-refractivity contribution in [1.82, 2.24) is 0 Å². The van der Waals surface area contributed by atoms with E-state index in [0.717, 1.165) is 0 Å². The van der Waals surface area contributed by atoms with Gasteiger partial charge in [0.15, 0.2) is 0 Å². The van der Waals surface area contributed by atoms with Crippen molar-refractivity contribution in [3.63, 3.8) is 0 Å². The summed E-state index contributed by atoms with van der Waals surface area (Å²) >= 11 is 0. The fourth-order valence-corrected chi connectivity index (χ4v) is 1.000. The van der Waals surface area contributed by atoms with Gasteiger partial charge in [-0.05, 0) is 17.6 Å². The van der Waals surface area contributed by atoms with Crippen LogP contribution < -0.4 is 10.9 Å². The van der Waals surface area contributed by atoms with Crippen LogP contribution in [-0.2, 0) is 0 Å². The van der Waals surface area contributed by atoms with Crippen LogP contribution in [0.2, 0.25) is 0 Å². The van der Waals surface area contributed by atoms with Crippen LogP contribution in [0.3, 0.4) is 0 Å². The summed E-state index contributed by atoms with van der Waals surface area (Å²) in [6.45, 7) is 0. The first-order valence-electron chi connectivity index (χ1n) is 3.64. The third kappa shape index (κ3) is 2.98. The Morgan fingerprint density at radius 2 is 1.27 bits per heavy atom. The molecule has 0 atom stereocenters. The highest BCUT2D eigenvalue weighted by atomic mass is 19.1. The molecule has 1 rings (SSSR count). The van der Waals surface area contributed by atoms with Crippen LogP contribution in [0.25, 0.3) is 0 Å². The first kappa shape index (κ1) is 14.0. The summed E-state index contributed by atoms with van der Waals surface area (Å²) in [4.78, 5) is 0. The van der Waals surface area contributed by atoms with Gasteiger partial charge >= 0.3 is 14.2 Å². The van der Waals surface area contributed by atoms with E-state index in [0.29, 0.717) is 12.1 Å². The van der Waals surface area contributed by atoms with E-state index in [9.17, 15) is 8.78 Å². The molecule has 9 heteroatoms. The second-order valence-electron chi connectivity index (χ2n) is 2.65. The minimum Gasteiger partial charge on any atom is -0.423 e. The number of hydrogen-bond acceptors (Lipinski definition) is 4. The molecule has 0 heterocycles. The molecule has 1 aromatic rings. The van der Waals surface area contributed by atoms with Crippen LogP contribution in [0, 0.1) is 11.6 Å². The highest BCUT2D eigenvalue weighted by Crippen LogP contribution is 1.98. The van der Waals surface area contributed by atoms with E-state index in [1.54, 1.807) is 0 Å². The molecule has 1 aromatic carbocycles. The Labute approximate surface area is 84.2 Å². The molecule has 0 aliphatic rings. The number of benzene rings is 1. The van der Waals surface area contributed by atoms with Gasteiger partial charge in [0.2, 0.25) is 0 Å². The fraction of sp³-hybridized carbons (Fsp3) is 0. The van der Waals surface area contributed by atoms with E-state index in [2.05, 4.69) is 0 Å². The Hall–Kier alpha value is -0.990. The van der Waals surface area contributed by atoms with E-state index in [1.165, 1.54) is 0 Å². The molecule has 5 nitrogen and oxygen atoms in total. The molecule has 0 bridgehead atoms. The summed E-state index contributed by atoms with van der Waals surface area (Å²) in [5.41, 5.74) is -1.32. The number of halogens is 2. The summed E-state index contributed by atoms with van der Waals surface area (Å²) in [6, 6.07) is 1.23. The molecule has 0 saturated heterocycles. The van der Waals surface area contributed by atoms with Crippen LogP contribution in [0.5, 0.6) is 0 Å². The van der Waals surface area contributed by atoms with E-state index in [4.69, 9.17) is 20.1 Å². The monoisotopic (exact) mass is 220 g/mol. The molecule has 0 saturated carbocycles. The van der Waals surface area contributed by atoms with Crippen LogP contribution in [-0.4, -0.2) is 39.8 Å². The van der Waals surface area contributed by atoms with Crippen molar-refractivity contribution in [2.24, 2.45) is 0 Å². The smallest absolute Gasteiger partial charge is 0.423 e. The molecule has 82 valence electrons. The van der Waals surface area contributed by atoms with Crippen molar-refractivity contribution in [2.75, 3.05) is 0 Å². The second-order valence-corrected chi connectivity index (χ2v) is 2.65. The molecule has 0 amide bonds. The van der Waals surface area contributed by atoms with Crippen molar-refractivity contribution in [3.05, 3.63) is 23.8 Å². The van der Waals surface area contributed by atoms with Gasteiger partial charge in [-0.1, -0.05) is 0 Å². The lowest BCUT2D eigenvalue weighted by Gasteiger charge is -2.06. The molecular weight excluding hydrogens is 212 g/mol. The predicted octanol–water partition coefficient (Wildman–Crippen LogP) is -3.50. The Morgan fingerprint density at radius 3 is 1.53 bits per heavy atom. The standard InChI is InChI=1S/C6H6B2F2O4.H2O/c9-4-1-3(7(11)12)2-5(10)6(4)8(13)14;/h1-2,11-14H;1H2. The molecule has 0 unspecified atom stereocenters. The van der Waals surface area contributed by atoms with E-state index in [1.807, 2.05) is 0 Å². The summed E-state index contributed by atoms with van der Waals surface area (Å²) < 4.78 is 25.9. The van der Waals surface area contributed by atoms with Crippen LogP contribution in [0.15, 0.2) is 12.1 Å². The molecule has 0 fully saturated rings. The van der Waals surface area contributed by atoms with Gasteiger partial charge < -0.3 is 25.6 Å². The lowest BCUT2D eigenvalue weighted by atomic mass is 9.74. The number of rotatable bonds is 2. The Kier molecular flexibility index (Phi) is 4.85. The third-order valence-electron chi connectivity index (χ3n) is 1.66. The van der Waals surface area contributed by atoms with Crippen molar-refractivity contribution in [3.8, 4) is 0 Å². The van der Waals surface area contributed by atoms with Crippen molar-refractivity contribution in [2.45, 2.75) is 0 Å². The van der Waals surface area contributed by atoms with Crippen LogP contribution in [0.4, 0.5) is 8.78 Å². The van der Waals surface area contributed by atoms with Gasteiger partial charge in [0.1, 0.15) is 11.6 Å². The first-order chi connectivity index (χ1) is 6.43. The zero-order valence-electron chi connectivity index (χ0n) is 7.35. The maximum atomic E-state index is 12.9. The molecule has 0 aromatic heterocycles. The second kappa shape index (κ2) is 5.19. The van der Waals surface area contributed by atoms with Gasteiger partial charge in [-0.15, -0.1) is 0 Å². The lowest BCUT2D eigenvalue weighted by Crippen LogP contribution is -2.40. The zero-order chi connectivity index (χ0) is 10.9. The van der Waals surface area contributed by atoms with Crippen LogP contribution >= 0.6 is 0 Å². The average molecular weight is 220 g/mol. The zero-order valence-corrected chi connectivity index (χ0v) is 7.35. The molecule has 6 N–H and O–H groups in total. The van der Waals surface area contributed by atoms with Gasteiger partial charge in [0, 0.05) is 0 Å². The fourth-order valence-electron chi connectivity index (χ4n) is 1.000. The van der Waals surface area contributed by atoms with E-state index in [-0.39, 0.29) is 5.48 Å². The highest BCUT2D eigenvalue weighted by molar-refractivity contribution is 6.60. The summed E-state index contributed by atoms with van der Waals surface area (Å²) in [5.74, 6) is -2.49. The van der Waals surface area contributed by atoms with Crippen molar-refractivity contribution < 1.29 is 34.4 Å². The predicted molar refractivity (Wildman–Crippen MR) is 49.6 cm³/mol. The average Bonchev–Trinajstić information content (AvgIpc) is 2.01. The summed E-state index contributed by atoms with van der Waals surface area (Å²) in [6.07, 6.45) is 0. The summed E-state index contributed by atoms with van der Waals surface area (Å²) in [5, 5.41) is 34.3. The highest BCUT2D eigenvalue weighted by Gasteiger charge is 2.24. The Morgan fingerprint density at radius 1 is 0.867 bits per heavy atom. The normalized spacial score (nSPS) is 9.47.